The molecule has 0 spiro atoms. The van der Waals surface area contributed by atoms with Crippen LogP contribution in [0.25, 0.3) is 0 Å². The van der Waals surface area contributed by atoms with E-state index in [4.69, 9.17) is 4.99 Å². The smallest absolute Gasteiger partial charge is 0.204 e. The standard InChI is InChI=1S/C30H30F3N5O/c1-5-27(21-12-23(31)14-24(32)13-21)38-29(22-15-34-36(4)16-22)35-18(2)28(30(38)39)19(3)37-11-10-20(17-37)25-8-6-7-9-26(25)33/h6-9,12-16,20,27,39H,2-3,5,10-11,17H2,1,4H3/t20?,27-/m0/s1. The summed E-state index contributed by atoms with van der Waals surface area (Å²) in [4.78, 5) is 8.29. The van der Waals surface area contributed by atoms with E-state index in [2.05, 4.69) is 18.3 Å². The van der Waals surface area contributed by atoms with Gasteiger partial charge in [-0.1, -0.05) is 38.3 Å². The van der Waals surface area contributed by atoms with Gasteiger partial charge in [-0.2, -0.15) is 5.10 Å². The lowest BCUT2D eigenvalue weighted by Gasteiger charge is -2.38. The summed E-state index contributed by atoms with van der Waals surface area (Å²) in [5, 5.41) is 16.0. The van der Waals surface area contributed by atoms with Gasteiger partial charge in [0.2, 0.25) is 5.88 Å². The molecule has 1 saturated heterocycles. The topological polar surface area (TPSA) is 56.9 Å². The Kier molecular flexibility index (Phi) is 7.08. The van der Waals surface area contributed by atoms with Crippen molar-refractivity contribution in [2.45, 2.75) is 31.7 Å². The minimum absolute atomic E-state index is 0.0354. The first-order valence-corrected chi connectivity index (χ1v) is 12.8. The van der Waals surface area contributed by atoms with Crippen molar-refractivity contribution in [1.29, 1.82) is 0 Å². The maximum atomic E-state index is 14.5. The van der Waals surface area contributed by atoms with Crippen LogP contribution in [0.5, 0.6) is 0 Å². The summed E-state index contributed by atoms with van der Waals surface area (Å²) in [6.07, 6.45) is 4.46. The maximum absolute atomic E-state index is 14.5. The van der Waals surface area contributed by atoms with Crippen molar-refractivity contribution in [3.05, 3.63) is 125 Å². The third-order valence-corrected chi connectivity index (χ3v) is 7.34. The van der Waals surface area contributed by atoms with Crippen molar-refractivity contribution in [2.75, 3.05) is 13.1 Å². The fourth-order valence-electron chi connectivity index (χ4n) is 5.48. The summed E-state index contributed by atoms with van der Waals surface area (Å²) in [5.41, 5.74) is 2.71. The summed E-state index contributed by atoms with van der Waals surface area (Å²) in [6, 6.07) is 9.39. The molecule has 0 amide bonds. The Morgan fingerprint density at radius 1 is 1.15 bits per heavy atom. The number of benzene rings is 2. The SMILES string of the molecule is C=C1N=C(c2cnn(C)c2)N([C@@H](CC)c2cc(F)cc(F)c2)C(O)=C1C(=C)N1CCC(c2ccccc2F)C1. The molecule has 0 aliphatic carbocycles. The summed E-state index contributed by atoms with van der Waals surface area (Å²) in [7, 11) is 1.76. The lowest BCUT2D eigenvalue weighted by atomic mass is 9.97. The van der Waals surface area contributed by atoms with E-state index in [1.807, 2.05) is 17.9 Å². The first-order chi connectivity index (χ1) is 18.7. The molecule has 2 aliphatic heterocycles. The first-order valence-electron chi connectivity index (χ1n) is 12.8. The number of halogens is 3. The number of likely N-dealkylation sites (tertiary alicyclic amines) is 1. The highest BCUT2D eigenvalue weighted by Gasteiger charge is 2.37. The lowest BCUT2D eigenvalue weighted by Crippen LogP contribution is -2.39. The predicted molar refractivity (Wildman–Crippen MR) is 144 cm³/mol. The Morgan fingerprint density at radius 2 is 1.87 bits per heavy atom. The van der Waals surface area contributed by atoms with Crippen molar-refractivity contribution in [1.82, 2.24) is 19.6 Å². The number of amidine groups is 1. The van der Waals surface area contributed by atoms with E-state index in [0.717, 1.165) is 6.07 Å². The Balaban J connectivity index is 1.54. The summed E-state index contributed by atoms with van der Waals surface area (Å²) >= 11 is 0. The van der Waals surface area contributed by atoms with Crippen LogP contribution < -0.4 is 0 Å². The molecule has 1 aromatic heterocycles. The van der Waals surface area contributed by atoms with Crippen molar-refractivity contribution in [3.8, 4) is 0 Å². The zero-order chi connectivity index (χ0) is 27.8. The molecule has 5 rings (SSSR count). The molecule has 0 saturated carbocycles. The van der Waals surface area contributed by atoms with E-state index in [9.17, 15) is 18.3 Å². The fraction of sp³-hybridized carbons (Fsp3) is 0.267. The Bertz CT molecular complexity index is 1490. The largest absolute Gasteiger partial charge is 0.494 e. The Hall–Kier alpha value is -4.27. The van der Waals surface area contributed by atoms with Crippen LogP contribution in [0.4, 0.5) is 13.2 Å². The van der Waals surface area contributed by atoms with Crippen LogP contribution in [-0.2, 0) is 7.05 Å². The summed E-state index contributed by atoms with van der Waals surface area (Å²) in [6.45, 7) is 11.3. The quantitative estimate of drug-likeness (QED) is 0.385. The second-order valence-electron chi connectivity index (χ2n) is 9.88. The molecular formula is C30H30F3N5O. The second-order valence-corrected chi connectivity index (χ2v) is 9.88. The monoisotopic (exact) mass is 533 g/mol. The minimum Gasteiger partial charge on any atom is -0.494 e. The van der Waals surface area contributed by atoms with Gasteiger partial charge in [-0.3, -0.25) is 9.58 Å². The number of aliphatic hydroxyl groups excluding tert-OH is 1. The lowest BCUT2D eigenvalue weighted by molar-refractivity contribution is 0.216. The Labute approximate surface area is 225 Å². The van der Waals surface area contributed by atoms with Crippen LogP contribution in [0.1, 0.15) is 48.4 Å². The van der Waals surface area contributed by atoms with Crippen molar-refractivity contribution >= 4 is 5.84 Å². The first kappa shape index (κ1) is 26.3. The maximum Gasteiger partial charge on any atom is 0.204 e. The molecule has 3 aromatic rings. The van der Waals surface area contributed by atoms with Gasteiger partial charge in [-0.15, -0.1) is 0 Å². The van der Waals surface area contributed by atoms with Crippen LogP contribution in [0.15, 0.2) is 95.9 Å². The van der Waals surface area contributed by atoms with Gasteiger partial charge in [0, 0.05) is 44.0 Å². The normalized spacial score (nSPS) is 18.5. The molecule has 1 unspecified atom stereocenters. The molecular weight excluding hydrogens is 503 g/mol. The highest BCUT2D eigenvalue weighted by Crippen LogP contribution is 2.40. The van der Waals surface area contributed by atoms with E-state index in [-0.39, 0.29) is 17.6 Å². The average molecular weight is 534 g/mol. The molecule has 0 radical (unpaired) electrons. The molecule has 1 fully saturated rings. The molecule has 2 aliphatic rings. The van der Waals surface area contributed by atoms with Gasteiger partial charge in [-0.25, -0.2) is 18.2 Å². The predicted octanol–water partition coefficient (Wildman–Crippen LogP) is 6.34. The molecule has 1 N–H and O–H groups in total. The number of rotatable bonds is 7. The molecule has 3 heterocycles. The second kappa shape index (κ2) is 10.5. The average Bonchev–Trinajstić information content (AvgIpc) is 3.55. The number of hydrogen-bond donors (Lipinski definition) is 1. The van der Waals surface area contributed by atoms with Crippen LogP contribution in [0, 0.1) is 17.5 Å². The van der Waals surface area contributed by atoms with Crippen LogP contribution in [0.2, 0.25) is 0 Å². The van der Waals surface area contributed by atoms with Crippen LogP contribution in [0.3, 0.4) is 0 Å². The number of aromatic nitrogens is 2. The van der Waals surface area contributed by atoms with E-state index < -0.39 is 17.7 Å². The number of aryl methyl sites for hydroxylation is 1. The minimum atomic E-state index is -0.714. The van der Waals surface area contributed by atoms with Gasteiger partial charge in [-0.05, 0) is 42.2 Å². The van der Waals surface area contributed by atoms with Gasteiger partial charge in [0.15, 0.2) is 0 Å². The van der Waals surface area contributed by atoms with E-state index >= 15 is 0 Å². The zero-order valence-corrected chi connectivity index (χ0v) is 21.9. The summed E-state index contributed by atoms with van der Waals surface area (Å²) in [5.74, 6) is -1.53. The molecule has 39 heavy (non-hydrogen) atoms. The zero-order valence-electron chi connectivity index (χ0n) is 21.9. The molecule has 2 atom stereocenters. The van der Waals surface area contributed by atoms with E-state index in [1.165, 1.54) is 18.2 Å². The highest BCUT2D eigenvalue weighted by molar-refractivity contribution is 6.01. The van der Waals surface area contributed by atoms with E-state index in [1.54, 1.807) is 41.2 Å². The highest BCUT2D eigenvalue weighted by atomic mass is 19.1. The number of nitrogens with zero attached hydrogens (tertiary/aromatic N) is 5. The van der Waals surface area contributed by atoms with Gasteiger partial charge < -0.3 is 10.0 Å². The van der Waals surface area contributed by atoms with Gasteiger partial charge in [0.1, 0.15) is 23.3 Å². The molecule has 0 bridgehead atoms. The van der Waals surface area contributed by atoms with Gasteiger partial charge in [0.05, 0.1) is 29.1 Å². The molecule has 6 nitrogen and oxygen atoms in total. The molecule has 202 valence electrons. The van der Waals surface area contributed by atoms with Gasteiger partial charge in [0.25, 0.3) is 0 Å². The van der Waals surface area contributed by atoms with Crippen LogP contribution in [-0.4, -0.2) is 43.6 Å². The van der Waals surface area contributed by atoms with Crippen LogP contribution >= 0.6 is 0 Å². The number of aliphatic hydroxyl groups is 1. The van der Waals surface area contributed by atoms with Crippen molar-refractivity contribution < 1.29 is 18.3 Å². The molecule has 2 aromatic carbocycles. The third-order valence-electron chi connectivity index (χ3n) is 7.34. The fourth-order valence-corrected chi connectivity index (χ4v) is 5.48. The number of hydrogen-bond acceptors (Lipinski definition) is 5. The third kappa shape index (κ3) is 4.96. The van der Waals surface area contributed by atoms with Gasteiger partial charge >= 0.3 is 0 Å². The van der Waals surface area contributed by atoms with E-state index in [0.29, 0.717) is 65.4 Å². The molecule has 9 heteroatoms. The van der Waals surface area contributed by atoms with Crippen molar-refractivity contribution in [3.63, 3.8) is 0 Å². The Morgan fingerprint density at radius 3 is 2.51 bits per heavy atom. The van der Waals surface area contributed by atoms with Crippen molar-refractivity contribution in [2.24, 2.45) is 12.0 Å². The number of aliphatic imine (C=N–C) groups is 1. The summed E-state index contributed by atoms with van der Waals surface area (Å²) < 4.78 is 44.6.